The molecule has 0 N–H and O–H groups in total. The molecule has 0 spiro atoms. The lowest BCUT2D eigenvalue weighted by Crippen LogP contribution is -2.02. The molecule has 0 aliphatic carbocycles. The number of imidazole rings is 1. The van der Waals surface area contributed by atoms with Crippen LogP contribution in [-0.4, -0.2) is 24.7 Å². The van der Waals surface area contributed by atoms with Gasteiger partial charge in [0.15, 0.2) is 5.82 Å². The number of fused-ring (bicyclic) bond motifs is 2. The van der Waals surface area contributed by atoms with Gasteiger partial charge >= 0.3 is 0 Å². The van der Waals surface area contributed by atoms with E-state index in [9.17, 15) is 0 Å². The molecule has 0 radical (unpaired) electrons. The first kappa shape index (κ1) is 17.9. The maximum Gasteiger partial charge on any atom is 0.168 e. The molecule has 31 heavy (non-hydrogen) atoms. The molecule has 0 saturated carbocycles. The summed E-state index contributed by atoms with van der Waals surface area (Å²) in [5, 5.41) is 12.5. The Morgan fingerprint density at radius 2 is 1.58 bits per heavy atom. The largest absolute Gasteiger partial charge is 0.286 e. The van der Waals surface area contributed by atoms with Crippen molar-refractivity contribution in [2.75, 3.05) is 0 Å². The third-order valence-electron chi connectivity index (χ3n) is 5.41. The first-order chi connectivity index (χ1) is 15.3. The smallest absolute Gasteiger partial charge is 0.168 e. The number of aryl methyl sites for hydroxylation is 1. The fraction of sp³-hybridized carbons (Fsp3) is 0.0400. The van der Waals surface area contributed by atoms with Crippen LogP contribution < -0.4 is 0 Å². The highest BCUT2D eigenvalue weighted by Crippen LogP contribution is 2.37. The van der Waals surface area contributed by atoms with Crippen molar-refractivity contribution in [3.63, 3.8) is 0 Å². The molecule has 0 aliphatic rings. The average Bonchev–Trinajstić information content (AvgIpc) is 3.47. The Bertz CT molecular complexity index is 1560. The first-order valence-corrected chi connectivity index (χ1v) is 10.8. The molecule has 0 atom stereocenters. The molecule has 0 saturated heterocycles. The Morgan fingerprint density at radius 1 is 0.774 bits per heavy atom. The minimum Gasteiger partial charge on any atom is -0.286 e. The van der Waals surface area contributed by atoms with Crippen LogP contribution >= 0.6 is 11.3 Å². The van der Waals surface area contributed by atoms with Crippen LogP contribution in [0, 0.1) is 6.92 Å². The summed E-state index contributed by atoms with van der Waals surface area (Å²) in [6.07, 6.45) is 3.70. The number of para-hydroxylation sites is 1. The van der Waals surface area contributed by atoms with Crippen LogP contribution in [-0.2, 0) is 0 Å². The van der Waals surface area contributed by atoms with Crippen LogP contribution in [0.3, 0.4) is 0 Å². The lowest BCUT2D eigenvalue weighted by atomic mass is 10.1. The van der Waals surface area contributed by atoms with Crippen molar-refractivity contribution in [3.8, 4) is 27.0 Å². The molecule has 0 fully saturated rings. The number of hydrogen-bond donors (Lipinski definition) is 0. The van der Waals surface area contributed by atoms with E-state index in [0.717, 1.165) is 54.5 Å². The molecule has 6 heteroatoms. The van der Waals surface area contributed by atoms with Gasteiger partial charge in [-0.25, -0.2) is 9.97 Å². The molecule has 6 rings (SSSR count). The van der Waals surface area contributed by atoms with Gasteiger partial charge in [0.2, 0.25) is 0 Å². The van der Waals surface area contributed by atoms with Crippen molar-refractivity contribution in [1.29, 1.82) is 0 Å². The van der Waals surface area contributed by atoms with Crippen molar-refractivity contribution in [2.45, 2.75) is 6.92 Å². The quantitative estimate of drug-likeness (QED) is 0.349. The van der Waals surface area contributed by atoms with E-state index in [4.69, 9.17) is 4.98 Å². The zero-order valence-electron chi connectivity index (χ0n) is 16.7. The minimum absolute atomic E-state index is 0.794. The van der Waals surface area contributed by atoms with E-state index in [1.807, 2.05) is 48.0 Å². The average molecular weight is 420 g/mol. The molecule has 0 unspecified atom stereocenters. The van der Waals surface area contributed by atoms with E-state index >= 15 is 0 Å². The lowest BCUT2D eigenvalue weighted by Gasteiger charge is -2.10. The molecule has 0 bridgehead atoms. The number of thiophene rings is 1. The second kappa shape index (κ2) is 7.11. The zero-order valence-corrected chi connectivity index (χ0v) is 17.5. The third-order valence-corrected chi connectivity index (χ3v) is 6.53. The molecule has 2 aromatic carbocycles. The lowest BCUT2D eigenvalue weighted by molar-refractivity contribution is 0.897. The Kier molecular flexibility index (Phi) is 4.11. The Hall–Kier alpha value is -3.90. The van der Waals surface area contributed by atoms with Crippen LogP contribution in [0.15, 0.2) is 85.2 Å². The van der Waals surface area contributed by atoms with Crippen molar-refractivity contribution in [2.24, 2.45) is 0 Å². The molecule has 4 heterocycles. The van der Waals surface area contributed by atoms with E-state index < -0.39 is 0 Å². The molecular weight excluding hydrogens is 402 g/mol. The van der Waals surface area contributed by atoms with Crippen LogP contribution in [0.1, 0.15) is 5.82 Å². The van der Waals surface area contributed by atoms with E-state index in [1.165, 1.54) is 0 Å². The highest BCUT2D eigenvalue weighted by Gasteiger charge is 2.15. The highest BCUT2D eigenvalue weighted by atomic mass is 32.1. The fourth-order valence-electron chi connectivity index (χ4n) is 3.86. The van der Waals surface area contributed by atoms with Crippen molar-refractivity contribution >= 4 is 33.0 Å². The van der Waals surface area contributed by atoms with Gasteiger partial charge in [0.25, 0.3) is 0 Å². The second-order valence-electron chi connectivity index (χ2n) is 7.32. The summed E-state index contributed by atoms with van der Waals surface area (Å²) in [7, 11) is 0. The number of aromatic nitrogens is 5. The van der Waals surface area contributed by atoms with Crippen LogP contribution in [0.5, 0.6) is 0 Å². The molecule has 4 aromatic heterocycles. The normalized spacial score (nSPS) is 11.4. The maximum atomic E-state index is 4.84. The molecule has 0 amide bonds. The van der Waals surface area contributed by atoms with Gasteiger partial charge < -0.3 is 0 Å². The third kappa shape index (κ3) is 3.00. The predicted octanol–water partition coefficient (Wildman–Crippen LogP) is 6.07. The molecular formula is C25H17N5S. The highest BCUT2D eigenvalue weighted by molar-refractivity contribution is 7.18. The van der Waals surface area contributed by atoms with E-state index in [1.54, 1.807) is 17.5 Å². The standard InChI is InChI=1S/C25H17N5S/c1-16-26-14-15-30(16)25-19-8-4-3-7-18(19)24(28-29-25)23-13-12-22(31-23)21-11-10-17-6-2-5-9-20(17)27-21/h2-15H,1H3. The summed E-state index contributed by atoms with van der Waals surface area (Å²) in [6.45, 7) is 1.96. The van der Waals surface area contributed by atoms with E-state index in [-0.39, 0.29) is 0 Å². The van der Waals surface area contributed by atoms with E-state index in [2.05, 4.69) is 57.6 Å². The van der Waals surface area contributed by atoms with Gasteiger partial charge in [-0.2, -0.15) is 0 Å². The van der Waals surface area contributed by atoms with Crippen molar-refractivity contribution in [3.05, 3.63) is 91.0 Å². The Balaban J connectivity index is 1.47. The number of hydrogen-bond acceptors (Lipinski definition) is 5. The number of rotatable bonds is 3. The van der Waals surface area contributed by atoms with Gasteiger partial charge in [0.05, 0.1) is 21.0 Å². The van der Waals surface area contributed by atoms with Crippen molar-refractivity contribution in [1.82, 2.24) is 24.7 Å². The predicted molar refractivity (Wildman–Crippen MR) is 125 cm³/mol. The van der Waals surface area contributed by atoms with Gasteiger partial charge in [-0.3, -0.25) is 4.57 Å². The van der Waals surface area contributed by atoms with Gasteiger partial charge in [-0.05, 0) is 31.2 Å². The number of pyridine rings is 1. The summed E-state index contributed by atoms with van der Waals surface area (Å²) < 4.78 is 1.97. The van der Waals surface area contributed by atoms with Gasteiger partial charge in [-0.15, -0.1) is 21.5 Å². The zero-order chi connectivity index (χ0) is 20.8. The SMILES string of the molecule is Cc1nccn1-c1nnc(-c2ccc(-c3ccc4ccccc4n3)s2)c2ccccc12. The van der Waals surface area contributed by atoms with E-state index in [0.29, 0.717) is 0 Å². The fourth-order valence-corrected chi connectivity index (χ4v) is 4.83. The van der Waals surface area contributed by atoms with Crippen molar-refractivity contribution < 1.29 is 0 Å². The Labute approximate surface area is 182 Å². The topological polar surface area (TPSA) is 56.5 Å². The summed E-state index contributed by atoms with van der Waals surface area (Å²) in [6, 6.07) is 24.8. The van der Waals surface area contributed by atoms with Crippen LogP contribution in [0.25, 0.3) is 48.6 Å². The monoisotopic (exact) mass is 419 g/mol. The minimum atomic E-state index is 0.794. The second-order valence-corrected chi connectivity index (χ2v) is 8.40. The summed E-state index contributed by atoms with van der Waals surface area (Å²) in [5.74, 6) is 1.68. The van der Waals surface area contributed by atoms with Gasteiger partial charge in [0, 0.05) is 28.6 Å². The van der Waals surface area contributed by atoms with Gasteiger partial charge in [-0.1, -0.05) is 48.5 Å². The Morgan fingerprint density at radius 3 is 2.45 bits per heavy atom. The first-order valence-electron chi connectivity index (χ1n) is 10.00. The van der Waals surface area contributed by atoms with Crippen LogP contribution in [0.2, 0.25) is 0 Å². The number of nitrogens with zero attached hydrogens (tertiary/aromatic N) is 5. The van der Waals surface area contributed by atoms with Crippen LogP contribution in [0.4, 0.5) is 0 Å². The summed E-state index contributed by atoms with van der Waals surface area (Å²) in [5.41, 5.74) is 2.85. The number of benzene rings is 2. The molecule has 0 aliphatic heterocycles. The summed E-state index contributed by atoms with van der Waals surface area (Å²) in [4.78, 5) is 11.3. The molecule has 5 nitrogen and oxygen atoms in total. The molecule has 148 valence electrons. The maximum absolute atomic E-state index is 4.84. The summed E-state index contributed by atoms with van der Waals surface area (Å²) >= 11 is 1.68. The molecule has 6 aromatic rings. The van der Waals surface area contributed by atoms with Gasteiger partial charge in [0.1, 0.15) is 11.5 Å².